The molecule has 1 nitrogen and oxygen atoms in total. The highest BCUT2D eigenvalue weighted by Gasteiger charge is 2.24. The van der Waals surface area contributed by atoms with Crippen LogP contribution in [-0.2, 0) is 5.41 Å². The van der Waals surface area contributed by atoms with E-state index in [0.29, 0.717) is 0 Å². The average Bonchev–Trinajstić information content (AvgIpc) is 2.72. The first-order valence-electron chi connectivity index (χ1n) is 9.10. The minimum atomic E-state index is 0.0730. The minimum Gasteiger partial charge on any atom is -0.356 e. The molecule has 0 spiro atoms. The molecule has 1 atom stereocenters. The Balaban J connectivity index is 1.45. The summed E-state index contributed by atoms with van der Waals surface area (Å²) in [6.07, 6.45) is 7.79. The Hall–Kier alpha value is -3.06. The molecule has 1 aliphatic carbocycles. The van der Waals surface area contributed by atoms with E-state index in [0.717, 1.165) is 17.8 Å². The highest BCUT2D eigenvalue weighted by molar-refractivity contribution is 5.66. The summed E-state index contributed by atoms with van der Waals surface area (Å²) in [5, 5.41) is 3.52. The second-order valence-corrected chi connectivity index (χ2v) is 7.05. The van der Waals surface area contributed by atoms with Gasteiger partial charge in [0.25, 0.3) is 0 Å². The van der Waals surface area contributed by atoms with Crippen LogP contribution in [0.2, 0.25) is 0 Å². The van der Waals surface area contributed by atoms with E-state index in [4.69, 9.17) is 0 Å². The molecule has 0 aliphatic heterocycles. The lowest BCUT2D eigenvalue weighted by Crippen LogP contribution is -2.21. The molecule has 0 bridgehead atoms. The van der Waals surface area contributed by atoms with Crippen LogP contribution in [0.25, 0.3) is 11.1 Å². The van der Waals surface area contributed by atoms with Crippen LogP contribution in [0.5, 0.6) is 0 Å². The van der Waals surface area contributed by atoms with E-state index in [2.05, 4.69) is 109 Å². The molecule has 0 aromatic heterocycles. The number of rotatable bonds is 4. The van der Waals surface area contributed by atoms with Gasteiger partial charge in [0.2, 0.25) is 0 Å². The van der Waals surface area contributed by atoms with E-state index in [1.807, 2.05) is 6.07 Å². The molecule has 1 N–H and O–H groups in total. The molecule has 26 heavy (non-hydrogen) atoms. The van der Waals surface area contributed by atoms with Crippen molar-refractivity contribution in [3.8, 4) is 11.1 Å². The summed E-state index contributed by atoms with van der Waals surface area (Å²) in [4.78, 5) is 0. The maximum Gasteiger partial charge on any atom is 0.0384 e. The molecule has 3 aromatic carbocycles. The zero-order valence-corrected chi connectivity index (χ0v) is 15.0. The van der Waals surface area contributed by atoms with Crippen molar-refractivity contribution in [1.82, 2.24) is 0 Å². The van der Waals surface area contributed by atoms with Gasteiger partial charge in [-0.1, -0.05) is 91.9 Å². The van der Waals surface area contributed by atoms with Gasteiger partial charge in [-0.05, 0) is 41.3 Å². The lowest BCUT2D eigenvalue weighted by atomic mass is 9.77. The third-order valence-corrected chi connectivity index (χ3v) is 5.09. The maximum atomic E-state index is 3.52. The first kappa shape index (κ1) is 16.4. The summed E-state index contributed by atoms with van der Waals surface area (Å²) in [5.74, 6) is 0. The van der Waals surface area contributed by atoms with Crippen molar-refractivity contribution in [2.24, 2.45) is 0 Å². The third kappa shape index (κ3) is 3.48. The lowest BCUT2D eigenvalue weighted by Gasteiger charge is -2.29. The average molecular weight is 337 g/mol. The fourth-order valence-electron chi connectivity index (χ4n) is 3.40. The van der Waals surface area contributed by atoms with Crippen molar-refractivity contribution < 1.29 is 0 Å². The quantitative estimate of drug-likeness (QED) is 0.568. The zero-order valence-electron chi connectivity index (χ0n) is 15.0. The second-order valence-electron chi connectivity index (χ2n) is 7.05. The summed E-state index contributed by atoms with van der Waals surface area (Å²) >= 11 is 0. The van der Waals surface area contributed by atoms with Crippen LogP contribution in [0.4, 0.5) is 5.69 Å². The van der Waals surface area contributed by atoms with Gasteiger partial charge < -0.3 is 5.32 Å². The summed E-state index contributed by atoms with van der Waals surface area (Å²) in [6, 6.07) is 29.8. The van der Waals surface area contributed by atoms with Crippen LogP contribution in [0.3, 0.4) is 0 Å². The Morgan fingerprint density at radius 1 is 0.731 bits per heavy atom. The Kier molecular flexibility index (Phi) is 4.45. The molecule has 0 radical (unpaired) electrons. The van der Waals surface area contributed by atoms with Crippen LogP contribution in [0, 0.1) is 0 Å². The number of hydrogen-bond acceptors (Lipinski definition) is 1. The van der Waals surface area contributed by atoms with E-state index in [1.54, 1.807) is 0 Å². The number of hydrogen-bond donors (Lipinski definition) is 1. The smallest absolute Gasteiger partial charge is 0.0384 e. The highest BCUT2D eigenvalue weighted by Crippen LogP contribution is 2.33. The lowest BCUT2D eigenvalue weighted by molar-refractivity contribution is 0.597. The fraction of sp³-hybridized carbons (Fsp3) is 0.120. The number of anilines is 1. The molecule has 1 heteroatoms. The molecule has 0 fully saturated rings. The predicted molar refractivity (Wildman–Crippen MR) is 111 cm³/mol. The zero-order chi connectivity index (χ0) is 17.8. The fourth-order valence-corrected chi connectivity index (χ4v) is 3.40. The molecule has 4 rings (SSSR count). The van der Waals surface area contributed by atoms with Gasteiger partial charge in [0, 0.05) is 16.8 Å². The van der Waals surface area contributed by atoms with Gasteiger partial charge in [-0.2, -0.15) is 0 Å². The second kappa shape index (κ2) is 7.05. The molecule has 0 saturated heterocycles. The summed E-state index contributed by atoms with van der Waals surface area (Å²) in [7, 11) is 0. The van der Waals surface area contributed by atoms with Gasteiger partial charge in [0.05, 0.1) is 0 Å². The number of benzene rings is 3. The van der Waals surface area contributed by atoms with Gasteiger partial charge in [-0.25, -0.2) is 0 Å². The topological polar surface area (TPSA) is 12.0 Å². The molecular formula is C25H23N. The highest BCUT2D eigenvalue weighted by atomic mass is 14.9. The molecular weight excluding hydrogens is 314 g/mol. The van der Waals surface area contributed by atoms with Gasteiger partial charge in [0.1, 0.15) is 0 Å². The summed E-state index contributed by atoms with van der Waals surface area (Å²) in [5.41, 5.74) is 6.19. The summed E-state index contributed by atoms with van der Waals surface area (Å²) < 4.78 is 0. The van der Waals surface area contributed by atoms with Crippen LogP contribution >= 0.6 is 0 Å². The molecule has 1 aliphatic rings. The van der Waals surface area contributed by atoms with Crippen molar-refractivity contribution >= 4 is 5.69 Å². The van der Waals surface area contributed by atoms with Gasteiger partial charge in [-0.15, -0.1) is 0 Å². The standard InChI is InChI=1S/C25H23N/c1-25(22-10-6-3-7-11-22)18-16-24(17-19-25)26-23-14-12-21(13-15-23)20-8-4-2-5-9-20/h2-18,26H,19H2,1H3. The monoisotopic (exact) mass is 337 g/mol. The molecule has 3 aromatic rings. The maximum absolute atomic E-state index is 3.52. The predicted octanol–water partition coefficient (Wildman–Crippen LogP) is 6.57. The first-order valence-corrected chi connectivity index (χ1v) is 9.10. The van der Waals surface area contributed by atoms with Gasteiger partial charge in [-0.3, -0.25) is 0 Å². The van der Waals surface area contributed by atoms with E-state index in [1.165, 1.54) is 16.7 Å². The van der Waals surface area contributed by atoms with Gasteiger partial charge in [0.15, 0.2) is 0 Å². The largest absolute Gasteiger partial charge is 0.356 e. The number of allylic oxidation sites excluding steroid dienone is 3. The Bertz CT molecular complexity index is 921. The van der Waals surface area contributed by atoms with Crippen LogP contribution in [0.1, 0.15) is 18.9 Å². The molecule has 0 amide bonds. The SMILES string of the molecule is CC1(c2ccccc2)C=CC(Nc2ccc(-c3ccccc3)cc2)=CC1. The third-order valence-electron chi connectivity index (χ3n) is 5.09. The molecule has 1 unspecified atom stereocenters. The van der Waals surface area contributed by atoms with E-state index < -0.39 is 0 Å². The van der Waals surface area contributed by atoms with Crippen molar-refractivity contribution in [3.63, 3.8) is 0 Å². The van der Waals surface area contributed by atoms with Crippen molar-refractivity contribution in [1.29, 1.82) is 0 Å². The number of nitrogens with one attached hydrogen (secondary N) is 1. The first-order chi connectivity index (χ1) is 12.7. The van der Waals surface area contributed by atoms with Crippen molar-refractivity contribution in [2.75, 3.05) is 5.32 Å². The molecule has 0 saturated carbocycles. The minimum absolute atomic E-state index is 0.0730. The van der Waals surface area contributed by atoms with Crippen molar-refractivity contribution in [2.45, 2.75) is 18.8 Å². The normalized spacial score (nSPS) is 19.0. The van der Waals surface area contributed by atoms with E-state index in [-0.39, 0.29) is 5.41 Å². The molecule has 0 heterocycles. The van der Waals surface area contributed by atoms with Crippen molar-refractivity contribution in [3.05, 3.63) is 114 Å². The van der Waals surface area contributed by atoms with E-state index in [9.17, 15) is 0 Å². The van der Waals surface area contributed by atoms with Crippen LogP contribution in [-0.4, -0.2) is 0 Å². The summed E-state index contributed by atoms with van der Waals surface area (Å²) in [6.45, 7) is 2.29. The Labute approximate surface area is 155 Å². The van der Waals surface area contributed by atoms with Gasteiger partial charge >= 0.3 is 0 Å². The van der Waals surface area contributed by atoms with Crippen LogP contribution < -0.4 is 5.32 Å². The Morgan fingerprint density at radius 3 is 1.96 bits per heavy atom. The van der Waals surface area contributed by atoms with Crippen LogP contribution in [0.15, 0.2) is 109 Å². The van der Waals surface area contributed by atoms with E-state index >= 15 is 0 Å². The molecule has 128 valence electrons. The Morgan fingerprint density at radius 2 is 1.35 bits per heavy atom.